The van der Waals surface area contributed by atoms with Crippen molar-refractivity contribution >= 4 is 27.3 Å². The van der Waals surface area contributed by atoms with Crippen molar-refractivity contribution < 1.29 is 34.8 Å². The van der Waals surface area contributed by atoms with Crippen LogP contribution in [0.25, 0.3) is 0 Å². The van der Waals surface area contributed by atoms with E-state index in [4.69, 9.17) is 11.6 Å². The molecule has 2 aromatic rings. The van der Waals surface area contributed by atoms with Gasteiger partial charge in [0.05, 0.1) is 26.7 Å². The molecule has 2 aromatic carbocycles. The third-order valence-electron chi connectivity index (χ3n) is 3.28. The first-order valence-corrected chi connectivity index (χ1v) is 8.65. The molecule has 2 rings (SSSR count). The SMILES string of the molecule is Cc1ccc(S(=O)(=O)Nc2cc(C(F)(F)F)cc(C(F)(F)F)c2Cl)cc1. The first-order chi connectivity index (χ1) is 11.7. The second-order valence-corrected chi connectivity index (χ2v) is 7.36. The first kappa shape index (κ1) is 20.4. The molecule has 0 aromatic heterocycles. The lowest BCUT2D eigenvalue weighted by Gasteiger charge is -2.17. The predicted octanol–water partition coefficient (Wildman–Crippen LogP) is 5.49. The Balaban J connectivity index is 2.60. The summed E-state index contributed by atoms with van der Waals surface area (Å²) in [5.74, 6) is 0. The van der Waals surface area contributed by atoms with E-state index in [0.29, 0.717) is 5.56 Å². The van der Waals surface area contributed by atoms with Gasteiger partial charge in [-0.05, 0) is 31.2 Å². The average molecular weight is 418 g/mol. The Morgan fingerprint density at radius 3 is 1.92 bits per heavy atom. The molecule has 26 heavy (non-hydrogen) atoms. The van der Waals surface area contributed by atoms with Gasteiger partial charge in [-0.15, -0.1) is 0 Å². The Bertz CT molecular complexity index is 921. The lowest BCUT2D eigenvalue weighted by atomic mass is 10.1. The number of halogens is 7. The van der Waals surface area contributed by atoms with Crippen molar-refractivity contribution in [2.24, 2.45) is 0 Å². The summed E-state index contributed by atoms with van der Waals surface area (Å²) in [6.07, 6.45) is -10.3. The Morgan fingerprint density at radius 1 is 0.923 bits per heavy atom. The van der Waals surface area contributed by atoms with Crippen LogP contribution in [0.15, 0.2) is 41.3 Å². The summed E-state index contributed by atoms with van der Waals surface area (Å²) < 4.78 is 104. The maximum atomic E-state index is 13.0. The third-order valence-corrected chi connectivity index (χ3v) is 5.07. The molecule has 142 valence electrons. The van der Waals surface area contributed by atoms with Crippen LogP contribution in [0.3, 0.4) is 0 Å². The molecule has 0 fully saturated rings. The zero-order chi connectivity index (χ0) is 19.9. The van der Waals surface area contributed by atoms with E-state index in [-0.39, 0.29) is 17.0 Å². The molecule has 0 atom stereocenters. The van der Waals surface area contributed by atoms with Gasteiger partial charge >= 0.3 is 12.4 Å². The van der Waals surface area contributed by atoms with Gasteiger partial charge in [0.2, 0.25) is 0 Å². The van der Waals surface area contributed by atoms with Gasteiger partial charge in [-0.3, -0.25) is 4.72 Å². The van der Waals surface area contributed by atoms with Crippen molar-refractivity contribution in [3.63, 3.8) is 0 Å². The molecule has 3 nitrogen and oxygen atoms in total. The quantitative estimate of drug-likeness (QED) is 0.671. The fourth-order valence-electron chi connectivity index (χ4n) is 1.99. The molecule has 0 saturated carbocycles. The molecule has 0 saturated heterocycles. The van der Waals surface area contributed by atoms with Gasteiger partial charge in [0, 0.05) is 0 Å². The van der Waals surface area contributed by atoms with Gasteiger partial charge in [0.25, 0.3) is 10.0 Å². The van der Waals surface area contributed by atoms with E-state index in [1.807, 2.05) is 0 Å². The summed E-state index contributed by atoms with van der Waals surface area (Å²) in [7, 11) is -4.45. The lowest BCUT2D eigenvalue weighted by molar-refractivity contribution is -0.142. The van der Waals surface area contributed by atoms with Crippen LogP contribution >= 0.6 is 11.6 Å². The summed E-state index contributed by atoms with van der Waals surface area (Å²) in [6.45, 7) is 1.67. The molecular formula is C15H10ClF6NO2S. The third kappa shape index (κ3) is 4.42. The number of rotatable bonds is 3. The second kappa shape index (κ2) is 6.66. The number of aryl methyl sites for hydroxylation is 1. The van der Waals surface area contributed by atoms with Crippen molar-refractivity contribution in [2.45, 2.75) is 24.2 Å². The van der Waals surface area contributed by atoms with Crippen LogP contribution < -0.4 is 4.72 Å². The van der Waals surface area contributed by atoms with E-state index >= 15 is 0 Å². The van der Waals surface area contributed by atoms with Crippen LogP contribution in [-0.2, 0) is 22.4 Å². The number of hydrogen-bond donors (Lipinski definition) is 1. The minimum atomic E-state index is -5.21. The van der Waals surface area contributed by atoms with Crippen LogP contribution in [0.2, 0.25) is 5.02 Å². The summed E-state index contributed by atoms with van der Waals surface area (Å²) in [6, 6.07) is 5.19. The molecule has 0 heterocycles. The Morgan fingerprint density at radius 2 is 1.46 bits per heavy atom. The highest BCUT2D eigenvalue weighted by molar-refractivity contribution is 7.92. The van der Waals surface area contributed by atoms with Crippen molar-refractivity contribution in [3.8, 4) is 0 Å². The number of alkyl halides is 6. The topological polar surface area (TPSA) is 46.2 Å². The molecule has 0 radical (unpaired) electrons. The summed E-state index contributed by atoms with van der Waals surface area (Å²) >= 11 is 5.52. The van der Waals surface area contributed by atoms with Crippen LogP contribution in [0.1, 0.15) is 16.7 Å². The average Bonchev–Trinajstić information content (AvgIpc) is 2.47. The van der Waals surface area contributed by atoms with Crippen LogP contribution in [0.5, 0.6) is 0 Å². The number of nitrogens with one attached hydrogen (secondary N) is 1. The molecule has 0 amide bonds. The van der Waals surface area contributed by atoms with Crippen LogP contribution in [-0.4, -0.2) is 8.42 Å². The molecule has 0 unspecified atom stereocenters. The normalized spacial score (nSPS) is 12.9. The van der Waals surface area contributed by atoms with Gasteiger partial charge in [0.1, 0.15) is 0 Å². The van der Waals surface area contributed by atoms with Crippen molar-refractivity contribution in [1.82, 2.24) is 0 Å². The standard InChI is InChI=1S/C15H10ClF6NO2S/c1-8-2-4-10(5-3-8)26(24,25)23-12-7-9(14(17,18)19)6-11(13(12)16)15(20,21)22/h2-7,23H,1H3. The van der Waals surface area contributed by atoms with E-state index in [0.717, 1.165) is 12.1 Å². The zero-order valence-electron chi connectivity index (χ0n) is 12.8. The number of hydrogen-bond acceptors (Lipinski definition) is 2. The highest BCUT2D eigenvalue weighted by atomic mass is 35.5. The van der Waals surface area contributed by atoms with E-state index in [2.05, 4.69) is 0 Å². The van der Waals surface area contributed by atoms with Crippen LogP contribution in [0.4, 0.5) is 32.0 Å². The van der Waals surface area contributed by atoms with E-state index in [9.17, 15) is 34.8 Å². The van der Waals surface area contributed by atoms with Gasteiger partial charge in [-0.25, -0.2) is 8.42 Å². The molecule has 0 aliphatic carbocycles. The minimum Gasteiger partial charge on any atom is -0.278 e. The zero-order valence-corrected chi connectivity index (χ0v) is 14.4. The highest BCUT2D eigenvalue weighted by Gasteiger charge is 2.39. The van der Waals surface area contributed by atoms with Gasteiger partial charge in [-0.1, -0.05) is 29.3 Å². The molecule has 0 spiro atoms. The van der Waals surface area contributed by atoms with Gasteiger partial charge in [-0.2, -0.15) is 26.3 Å². The minimum absolute atomic E-state index is 0.175. The molecule has 11 heteroatoms. The molecule has 0 aliphatic rings. The number of anilines is 1. The van der Waals surface area contributed by atoms with Crippen molar-refractivity contribution in [3.05, 3.63) is 58.1 Å². The van der Waals surface area contributed by atoms with Crippen LogP contribution in [0, 0.1) is 6.92 Å². The highest BCUT2D eigenvalue weighted by Crippen LogP contribution is 2.43. The van der Waals surface area contributed by atoms with E-state index < -0.39 is 44.2 Å². The maximum Gasteiger partial charge on any atom is 0.417 e. The maximum absolute atomic E-state index is 13.0. The largest absolute Gasteiger partial charge is 0.417 e. The Labute approximate surface area is 149 Å². The van der Waals surface area contributed by atoms with E-state index in [1.54, 1.807) is 11.6 Å². The fourth-order valence-corrected chi connectivity index (χ4v) is 3.37. The van der Waals surface area contributed by atoms with Crippen molar-refractivity contribution in [2.75, 3.05) is 4.72 Å². The Hall–Kier alpha value is -1.94. The monoisotopic (exact) mass is 417 g/mol. The molecule has 1 N–H and O–H groups in total. The van der Waals surface area contributed by atoms with Gasteiger partial charge < -0.3 is 0 Å². The van der Waals surface area contributed by atoms with Gasteiger partial charge in [0.15, 0.2) is 0 Å². The summed E-state index contributed by atoms with van der Waals surface area (Å²) in [5, 5.41) is -1.18. The Kier molecular flexibility index (Phi) is 5.22. The first-order valence-electron chi connectivity index (χ1n) is 6.79. The molecule has 0 bridgehead atoms. The smallest absolute Gasteiger partial charge is 0.278 e. The lowest BCUT2D eigenvalue weighted by Crippen LogP contribution is -2.17. The molecule has 0 aliphatic heterocycles. The summed E-state index contributed by atoms with van der Waals surface area (Å²) in [4.78, 5) is -0.342. The predicted molar refractivity (Wildman–Crippen MR) is 83.4 cm³/mol. The molecular weight excluding hydrogens is 408 g/mol. The second-order valence-electron chi connectivity index (χ2n) is 5.30. The fraction of sp³-hybridized carbons (Fsp3) is 0.200. The number of benzene rings is 2. The summed E-state index contributed by atoms with van der Waals surface area (Å²) in [5.41, 5.74) is -3.79. The van der Waals surface area contributed by atoms with Crippen molar-refractivity contribution in [1.29, 1.82) is 0 Å². The van der Waals surface area contributed by atoms with E-state index in [1.165, 1.54) is 12.1 Å². The number of sulfonamides is 1.